The highest BCUT2D eigenvalue weighted by Gasteiger charge is 2.35. The smallest absolute Gasteiger partial charge is 0.339 e. The van der Waals surface area contributed by atoms with Crippen molar-refractivity contribution in [1.82, 2.24) is 4.90 Å². The third kappa shape index (κ3) is 7.25. The summed E-state index contributed by atoms with van der Waals surface area (Å²) in [7, 11) is -4.26. The van der Waals surface area contributed by atoms with Gasteiger partial charge in [-0.2, -0.15) is 8.42 Å². The maximum atomic E-state index is 13.0. The topological polar surface area (TPSA) is 119 Å². The molecule has 1 fully saturated rings. The van der Waals surface area contributed by atoms with E-state index in [-0.39, 0.29) is 50.1 Å². The number of anilines is 1. The van der Waals surface area contributed by atoms with E-state index in [1.807, 2.05) is 24.3 Å². The number of benzene rings is 3. The van der Waals surface area contributed by atoms with Gasteiger partial charge in [-0.1, -0.05) is 12.1 Å². The summed E-state index contributed by atoms with van der Waals surface area (Å²) >= 11 is 6.37. The van der Waals surface area contributed by atoms with Crippen LogP contribution in [0.5, 0.6) is 11.5 Å². The Hall–Kier alpha value is -2.88. The number of hydrogen-bond acceptors (Lipinski definition) is 8. The highest BCUT2D eigenvalue weighted by atomic mass is 127. The molecule has 3 amide bonds. The van der Waals surface area contributed by atoms with Crippen LogP contribution in [0.3, 0.4) is 0 Å². The fourth-order valence-corrected chi connectivity index (χ4v) is 6.44. The van der Waals surface area contributed by atoms with Crippen molar-refractivity contribution in [2.75, 3.05) is 11.9 Å². The minimum absolute atomic E-state index is 0.0725. The number of rotatable bonds is 9. The first-order chi connectivity index (χ1) is 19.0. The van der Waals surface area contributed by atoms with Gasteiger partial charge in [0.15, 0.2) is 11.5 Å². The average molecular weight is 757 g/mol. The highest BCUT2D eigenvalue weighted by molar-refractivity contribution is 14.1. The fraction of sp³-hybridized carbons (Fsp3) is 0.148. The Kier molecular flexibility index (Phi) is 9.59. The number of hydrogen-bond donors (Lipinski definition) is 1. The Morgan fingerprint density at radius 2 is 1.77 bits per heavy atom. The Labute approximate surface area is 257 Å². The summed E-state index contributed by atoms with van der Waals surface area (Å²) in [5.41, 5.74) is 1.77. The molecule has 1 saturated heterocycles. The number of thioether (sulfide) groups is 1. The molecule has 9 nitrogen and oxygen atoms in total. The molecule has 3 aromatic rings. The van der Waals surface area contributed by atoms with Crippen molar-refractivity contribution in [2.45, 2.75) is 25.3 Å². The highest BCUT2D eigenvalue weighted by Crippen LogP contribution is 2.41. The van der Waals surface area contributed by atoms with E-state index in [4.69, 9.17) is 8.92 Å². The van der Waals surface area contributed by atoms with E-state index in [1.165, 1.54) is 42.2 Å². The zero-order chi connectivity index (χ0) is 29.0. The van der Waals surface area contributed by atoms with Crippen molar-refractivity contribution in [3.63, 3.8) is 0 Å². The number of halogens is 2. The van der Waals surface area contributed by atoms with E-state index in [0.29, 0.717) is 11.3 Å². The second-order valence-corrected chi connectivity index (χ2v) is 13.0. The molecule has 1 aliphatic heterocycles. The van der Waals surface area contributed by atoms with Crippen molar-refractivity contribution in [3.05, 3.63) is 84.7 Å². The summed E-state index contributed by atoms with van der Waals surface area (Å²) in [6.45, 7) is 3.45. The van der Waals surface area contributed by atoms with E-state index in [1.54, 1.807) is 19.1 Å². The van der Waals surface area contributed by atoms with Gasteiger partial charge in [-0.15, -0.1) is 0 Å². The summed E-state index contributed by atoms with van der Waals surface area (Å²) in [5.74, 6) is -0.655. The van der Waals surface area contributed by atoms with E-state index in [9.17, 15) is 22.8 Å². The third-order valence-corrected chi connectivity index (χ3v) is 8.86. The van der Waals surface area contributed by atoms with Gasteiger partial charge in [0.1, 0.15) is 4.90 Å². The Bertz CT molecular complexity index is 1610. The summed E-state index contributed by atoms with van der Waals surface area (Å²) in [6, 6.07) is 16.2. The lowest BCUT2D eigenvalue weighted by molar-refractivity contribution is -0.123. The normalized spacial score (nSPS) is 14.5. The van der Waals surface area contributed by atoms with E-state index in [2.05, 4.69) is 43.8 Å². The molecule has 13 heteroatoms. The van der Waals surface area contributed by atoms with Crippen molar-refractivity contribution >= 4 is 89.2 Å². The van der Waals surface area contributed by atoms with Crippen LogP contribution in [0.2, 0.25) is 0 Å². The van der Waals surface area contributed by atoms with Crippen LogP contribution in [-0.4, -0.2) is 37.0 Å². The molecule has 0 aromatic heterocycles. The lowest BCUT2D eigenvalue weighted by Gasteiger charge is -2.15. The number of ether oxygens (including phenoxy) is 1. The van der Waals surface area contributed by atoms with Crippen LogP contribution in [0, 0.1) is 3.57 Å². The first-order valence-corrected chi connectivity index (χ1v) is 15.8. The van der Waals surface area contributed by atoms with Gasteiger partial charge in [0.05, 0.1) is 22.5 Å². The van der Waals surface area contributed by atoms with Gasteiger partial charge in [-0.05, 0) is 123 Å². The third-order valence-electron chi connectivity index (χ3n) is 5.41. The standard InChI is InChI=1S/C27H22BrIN2O7S2/c1-3-37-23-13-18(14-24-26(33)31(27(34)39-24)15-17-4-6-19(29)7-5-17)12-22(28)25(23)38-40(35,36)21-10-8-20(9-11-21)30-16(2)32/h4-14H,3,15H2,1-2H3,(H,30,32)/b24-14-. The molecular formula is C27H22BrIN2O7S2. The molecule has 0 bridgehead atoms. The zero-order valence-corrected chi connectivity index (χ0v) is 26.5. The minimum Gasteiger partial charge on any atom is -0.490 e. The van der Waals surface area contributed by atoms with Crippen LogP contribution in [0.4, 0.5) is 10.5 Å². The van der Waals surface area contributed by atoms with Gasteiger partial charge in [0.25, 0.3) is 11.1 Å². The number of nitrogens with one attached hydrogen (secondary N) is 1. The zero-order valence-electron chi connectivity index (χ0n) is 21.1. The van der Waals surface area contributed by atoms with Crippen molar-refractivity contribution in [3.8, 4) is 11.5 Å². The summed E-state index contributed by atoms with van der Waals surface area (Å²) in [4.78, 5) is 38.1. The van der Waals surface area contributed by atoms with Gasteiger partial charge in [0.2, 0.25) is 5.91 Å². The van der Waals surface area contributed by atoms with E-state index >= 15 is 0 Å². The van der Waals surface area contributed by atoms with Crippen molar-refractivity contribution in [2.24, 2.45) is 0 Å². The predicted molar refractivity (Wildman–Crippen MR) is 165 cm³/mol. The molecule has 0 aliphatic carbocycles. The molecule has 0 spiro atoms. The molecule has 0 radical (unpaired) electrons. The van der Waals surface area contributed by atoms with Crippen molar-refractivity contribution < 1.29 is 31.7 Å². The second kappa shape index (κ2) is 12.7. The van der Waals surface area contributed by atoms with E-state index < -0.39 is 16.0 Å². The molecule has 1 aliphatic rings. The monoisotopic (exact) mass is 756 g/mol. The Balaban J connectivity index is 1.58. The van der Waals surface area contributed by atoms with E-state index in [0.717, 1.165) is 20.9 Å². The van der Waals surface area contributed by atoms with Crippen LogP contribution in [0.15, 0.2) is 74.9 Å². The second-order valence-electron chi connectivity index (χ2n) is 8.40. The molecule has 1 N–H and O–H groups in total. The van der Waals surface area contributed by atoms with Crippen LogP contribution >= 0.6 is 50.3 Å². The maximum absolute atomic E-state index is 13.0. The number of nitrogens with zero attached hydrogens (tertiary/aromatic N) is 1. The maximum Gasteiger partial charge on any atom is 0.339 e. The van der Waals surface area contributed by atoms with Gasteiger partial charge in [-0.25, -0.2) is 0 Å². The van der Waals surface area contributed by atoms with Gasteiger partial charge >= 0.3 is 10.1 Å². The Morgan fingerprint density at radius 3 is 2.40 bits per heavy atom. The molecule has 3 aromatic carbocycles. The largest absolute Gasteiger partial charge is 0.490 e. The predicted octanol–water partition coefficient (Wildman–Crippen LogP) is 6.42. The lowest BCUT2D eigenvalue weighted by atomic mass is 10.1. The van der Waals surface area contributed by atoms with Crippen LogP contribution < -0.4 is 14.2 Å². The fourth-order valence-electron chi connectivity index (χ4n) is 3.64. The van der Waals surface area contributed by atoms with Crippen LogP contribution in [0.25, 0.3) is 6.08 Å². The minimum atomic E-state index is -4.26. The van der Waals surface area contributed by atoms with Gasteiger partial charge in [-0.3, -0.25) is 19.3 Å². The molecule has 40 heavy (non-hydrogen) atoms. The quantitative estimate of drug-likeness (QED) is 0.151. The summed E-state index contributed by atoms with van der Waals surface area (Å²) in [5, 5.41) is 2.19. The summed E-state index contributed by atoms with van der Waals surface area (Å²) < 4.78 is 38.4. The molecule has 4 rings (SSSR count). The molecular weight excluding hydrogens is 735 g/mol. The molecule has 0 saturated carbocycles. The molecule has 0 atom stereocenters. The first kappa shape index (κ1) is 30.1. The van der Waals surface area contributed by atoms with Crippen molar-refractivity contribution in [1.29, 1.82) is 0 Å². The Morgan fingerprint density at radius 1 is 1.10 bits per heavy atom. The molecule has 208 valence electrons. The van der Waals surface area contributed by atoms with Crippen LogP contribution in [0.1, 0.15) is 25.0 Å². The number of carbonyl (C=O) groups excluding carboxylic acids is 3. The SMILES string of the molecule is CCOc1cc(/C=C2\SC(=O)N(Cc3ccc(I)cc3)C2=O)cc(Br)c1OS(=O)(=O)c1ccc(NC(C)=O)cc1. The van der Waals surface area contributed by atoms with Crippen LogP contribution in [-0.2, 0) is 26.3 Å². The lowest BCUT2D eigenvalue weighted by Crippen LogP contribution is -2.27. The van der Waals surface area contributed by atoms with Gasteiger partial charge in [0, 0.05) is 16.2 Å². The number of amides is 3. The van der Waals surface area contributed by atoms with Gasteiger partial charge < -0.3 is 14.2 Å². The molecule has 0 unspecified atom stereocenters. The summed E-state index contributed by atoms with van der Waals surface area (Å²) in [6.07, 6.45) is 1.55. The molecule has 1 heterocycles. The number of imide groups is 1. The number of carbonyl (C=O) groups is 3. The first-order valence-electron chi connectivity index (χ1n) is 11.7. The average Bonchev–Trinajstić information content (AvgIpc) is 3.14.